The number of hydrogen-bond acceptors (Lipinski definition) is 3. The highest BCUT2D eigenvalue weighted by atomic mass is 16.5. The lowest BCUT2D eigenvalue weighted by Gasteiger charge is -2.23. The van der Waals surface area contributed by atoms with Gasteiger partial charge < -0.3 is 14.4 Å². The molecule has 0 spiro atoms. The molecule has 1 fully saturated rings. The molecule has 1 aliphatic heterocycles. The van der Waals surface area contributed by atoms with Crippen molar-refractivity contribution < 1.29 is 19.2 Å². The minimum Gasteiger partial charge on any atom is -0.460 e. The number of carbonyl (C=O) groups excluding carboxylic acids is 1. The van der Waals surface area contributed by atoms with Crippen molar-refractivity contribution in [2.24, 2.45) is 0 Å². The summed E-state index contributed by atoms with van der Waals surface area (Å²) in [6.07, 6.45) is 3.79. The van der Waals surface area contributed by atoms with Gasteiger partial charge in [-0.25, -0.2) is 0 Å². The van der Waals surface area contributed by atoms with Gasteiger partial charge in [-0.1, -0.05) is 19.8 Å². The summed E-state index contributed by atoms with van der Waals surface area (Å²) in [4.78, 5) is 12.8. The van der Waals surface area contributed by atoms with E-state index >= 15 is 0 Å². The smallest absolute Gasteiger partial charge is 0.305 e. The zero-order valence-electron chi connectivity index (χ0n) is 10.3. The van der Waals surface area contributed by atoms with Crippen LogP contribution in [0.5, 0.6) is 0 Å². The van der Waals surface area contributed by atoms with Crippen LogP contribution in [-0.2, 0) is 14.3 Å². The predicted octanol–water partition coefficient (Wildman–Crippen LogP) is 0.0250. The van der Waals surface area contributed by atoms with E-state index in [9.17, 15) is 4.79 Å². The third kappa shape index (κ3) is 6.08. The Balaban J connectivity index is 1.94. The SMILES string of the molecule is CCCCCC(=O)OCC[NH+]1CCOCC1. The molecule has 1 aliphatic rings. The monoisotopic (exact) mass is 230 g/mol. The molecule has 0 aromatic rings. The van der Waals surface area contributed by atoms with Crippen LogP contribution in [-0.4, -0.2) is 45.4 Å². The van der Waals surface area contributed by atoms with E-state index in [1.165, 1.54) is 4.90 Å². The van der Waals surface area contributed by atoms with Crippen LogP contribution < -0.4 is 4.90 Å². The second-order valence-electron chi connectivity index (χ2n) is 4.29. The van der Waals surface area contributed by atoms with E-state index in [4.69, 9.17) is 9.47 Å². The molecule has 0 unspecified atom stereocenters. The minimum absolute atomic E-state index is 0.0406. The summed E-state index contributed by atoms with van der Waals surface area (Å²) in [5, 5.41) is 0. The van der Waals surface area contributed by atoms with Gasteiger partial charge in [0, 0.05) is 6.42 Å². The maximum Gasteiger partial charge on any atom is 0.305 e. The first kappa shape index (κ1) is 13.5. The van der Waals surface area contributed by atoms with E-state index in [1.54, 1.807) is 0 Å². The molecular formula is C12H24NO3+. The van der Waals surface area contributed by atoms with Crippen molar-refractivity contribution in [3.8, 4) is 0 Å². The fourth-order valence-corrected chi connectivity index (χ4v) is 1.81. The second kappa shape index (κ2) is 8.53. The zero-order chi connectivity index (χ0) is 11.6. The molecule has 1 N–H and O–H groups in total. The molecule has 0 amide bonds. The Bertz CT molecular complexity index is 191. The Labute approximate surface area is 97.9 Å². The number of hydrogen-bond donors (Lipinski definition) is 1. The second-order valence-corrected chi connectivity index (χ2v) is 4.29. The summed E-state index contributed by atoms with van der Waals surface area (Å²) in [7, 11) is 0. The van der Waals surface area contributed by atoms with E-state index in [2.05, 4.69) is 6.92 Å². The lowest BCUT2D eigenvalue weighted by Crippen LogP contribution is -3.14. The maximum absolute atomic E-state index is 11.3. The average molecular weight is 230 g/mol. The highest BCUT2D eigenvalue weighted by molar-refractivity contribution is 5.69. The van der Waals surface area contributed by atoms with Crippen LogP contribution in [0.3, 0.4) is 0 Å². The summed E-state index contributed by atoms with van der Waals surface area (Å²) in [5.41, 5.74) is 0. The molecule has 0 atom stereocenters. The number of carbonyl (C=O) groups is 1. The van der Waals surface area contributed by atoms with Gasteiger partial charge in [-0.3, -0.25) is 4.79 Å². The van der Waals surface area contributed by atoms with Gasteiger partial charge in [0.15, 0.2) is 0 Å². The molecule has 4 nitrogen and oxygen atoms in total. The van der Waals surface area contributed by atoms with Gasteiger partial charge in [0.1, 0.15) is 26.2 Å². The normalized spacial score (nSPS) is 17.3. The number of esters is 1. The number of nitrogens with one attached hydrogen (secondary N) is 1. The van der Waals surface area contributed by atoms with Crippen molar-refractivity contribution in [1.82, 2.24) is 0 Å². The Hall–Kier alpha value is -0.610. The van der Waals surface area contributed by atoms with Crippen LogP contribution in [0.15, 0.2) is 0 Å². The third-order valence-electron chi connectivity index (χ3n) is 2.90. The molecule has 0 bridgehead atoms. The van der Waals surface area contributed by atoms with Crippen molar-refractivity contribution in [2.75, 3.05) is 39.5 Å². The quantitative estimate of drug-likeness (QED) is 0.495. The van der Waals surface area contributed by atoms with Gasteiger partial charge in [-0.15, -0.1) is 0 Å². The van der Waals surface area contributed by atoms with Gasteiger partial charge in [0.25, 0.3) is 0 Å². The zero-order valence-corrected chi connectivity index (χ0v) is 10.3. The van der Waals surface area contributed by atoms with Gasteiger partial charge >= 0.3 is 5.97 Å². The molecular weight excluding hydrogens is 206 g/mol. The minimum atomic E-state index is -0.0406. The van der Waals surface area contributed by atoms with Crippen molar-refractivity contribution in [3.63, 3.8) is 0 Å². The first-order valence-corrected chi connectivity index (χ1v) is 6.40. The summed E-state index contributed by atoms with van der Waals surface area (Å²) >= 11 is 0. The van der Waals surface area contributed by atoms with E-state index in [-0.39, 0.29) is 5.97 Å². The van der Waals surface area contributed by atoms with Crippen molar-refractivity contribution in [1.29, 1.82) is 0 Å². The topological polar surface area (TPSA) is 40.0 Å². The Morgan fingerprint density at radius 2 is 2.06 bits per heavy atom. The lowest BCUT2D eigenvalue weighted by molar-refractivity contribution is -0.908. The van der Waals surface area contributed by atoms with Gasteiger partial charge in [-0.05, 0) is 6.42 Å². The van der Waals surface area contributed by atoms with Crippen LogP contribution in [0, 0.1) is 0 Å². The molecule has 1 saturated heterocycles. The standard InChI is InChI=1S/C12H23NO3/c1-2-3-4-5-12(14)16-11-8-13-6-9-15-10-7-13/h2-11H2,1H3/p+1. The van der Waals surface area contributed by atoms with Gasteiger partial charge in [-0.2, -0.15) is 0 Å². The number of ether oxygens (including phenoxy) is 2. The highest BCUT2D eigenvalue weighted by Crippen LogP contribution is 1.99. The van der Waals surface area contributed by atoms with E-state index in [1.807, 2.05) is 0 Å². The number of morpholine rings is 1. The van der Waals surface area contributed by atoms with Crippen molar-refractivity contribution >= 4 is 5.97 Å². The Kier molecular flexibility index (Phi) is 7.17. The fraction of sp³-hybridized carbons (Fsp3) is 0.917. The van der Waals surface area contributed by atoms with Crippen LogP contribution >= 0.6 is 0 Å². The number of rotatable bonds is 7. The Morgan fingerprint density at radius 3 is 2.75 bits per heavy atom. The lowest BCUT2D eigenvalue weighted by atomic mass is 10.2. The summed E-state index contributed by atoms with van der Waals surface area (Å²) < 4.78 is 10.5. The molecule has 16 heavy (non-hydrogen) atoms. The highest BCUT2D eigenvalue weighted by Gasteiger charge is 2.13. The summed E-state index contributed by atoms with van der Waals surface area (Å²) in [6, 6.07) is 0. The van der Waals surface area contributed by atoms with E-state index < -0.39 is 0 Å². The molecule has 0 saturated carbocycles. The predicted molar refractivity (Wildman–Crippen MR) is 61.5 cm³/mol. The molecule has 0 aromatic heterocycles. The van der Waals surface area contributed by atoms with E-state index in [0.717, 1.165) is 52.1 Å². The Morgan fingerprint density at radius 1 is 1.31 bits per heavy atom. The first-order chi connectivity index (χ1) is 7.83. The third-order valence-corrected chi connectivity index (χ3v) is 2.90. The van der Waals surface area contributed by atoms with Crippen LogP contribution in [0.2, 0.25) is 0 Å². The van der Waals surface area contributed by atoms with Crippen LogP contribution in [0.25, 0.3) is 0 Å². The fourth-order valence-electron chi connectivity index (χ4n) is 1.81. The molecule has 1 heterocycles. The molecule has 4 heteroatoms. The number of unbranched alkanes of at least 4 members (excludes halogenated alkanes) is 2. The van der Waals surface area contributed by atoms with Crippen molar-refractivity contribution in [3.05, 3.63) is 0 Å². The van der Waals surface area contributed by atoms with Crippen molar-refractivity contribution in [2.45, 2.75) is 32.6 Å². The van der Waals surface area contributed by atoms with Crippen LogP contribution in [0.1, 0.15) is 32.6 Å². The van der Waals surface area contributed by atoms with Crippen LogP contribution in [0.4, 0.5) is 0 Å². The first-order valence-electron chi connectivity index (χ1n) is 6.40. The number of quaternary nitrogens is 1. The largest absolute Gasteiger partial charge is 0.460 e. The molecule has 94 valence electrons. The van der Waals surface area contributed by atoms with Gasteiger partial charge in [0.05, 0.1) is 13.2 Å². The summed E-state index contributed by atoms with van der Waals surface area (Å²) in [5.74, 6) is -0.0406. The molecule has 0 aliphatic carbocycles. The average Bonchev–Trinajstić information content (AvgIpc) is 2.31. The molecule has 0 aromatic carbocycles. The molecule has 0 radical (unpaired) electrons. The molecule has 1 rings (SSSR count). The summed E-state index contributed by atoms with van der Waals surface area (Å²) in [6.45, 7) is 7.34. The van der Waals surface area contributed by atoms with Gasteiger partial charge in [0.2, 0.25) is 0 Å². The van der Waals surface area contributed by atoms with E-state index in [0.29, 0.717) is 13.0 Å². The maximum atomic E-state index is 11.3.